The number of hydrogen-bond donors (Lipinski definition) is 3. The number of aliphatic hydroxyl groups is 1. The van der Waals surface area contributed by atoms with E-state index in [2.05, 4.69) is 11.8 Å². The van der Waals surface area contributed by atoms with Crippen molar-refractivity contribution in [1.82, 2.24) is 4.90 Å². The van der Waals surface area contributed by atoms with Crippen molar-refractivity contribution in [2.45, 2.75) is 32.9 Å². The fraction of sp³-hybridized carbons (Fsp3) is 0.533. The molecule has 0 fully saturated rings. The molecule has 20 heavy (non-hydrogen) atoms. The number of likely N-dealkylation sites (N-methyl/N-ethyl adjacent to an activating group) is 1. The van der Waals surface area contributed by atoms with Crippen molar-refractivity contribution < 1.29 is 9.84 Å². The summed E-state index contributed by atoms with van der Waals surface area (Å²) in [6.45, 7) is 7.78. The standard InChI is InChI=1S/C15H25N3O2/c1-5-18(10-15(2,3)19)9-11-6-7-13(20-4)12(8-11)14(16)17/h6-8,19H,5,9-10H2,1-4H3,(H3,16,17). The largest absolute Gasteiger partial charge is 0.496 e. The molecule has 1 aromatic rings. The zero-order chi connectivity index (χ0) is 15.3. The molecule has 0 aliphatic rings. The van der Waals surface area contributed by atoms with Gasteiger partial charge < -0.3 is 15.6 Å². The summed E-state index contributed by atoms with van der Waals surface area (Å²) in [4.78, 5) is 2.14. The fourth-order valence-electron chi connectivity index (χ4n) is 2.15. The highest BCUT2D eigenvalue weighted by Gasteiger charge is 2.18. The minimum Gasteiger partial charge on any atom is -0.496 e. The molecule has 1 rings (SSSR count). The predicted octanol–water partition coefficient (Wildman–Crippen LogP) is 1.57. The molecule has 5 nitrogen and oxygen atoms in total. The third kappa shape index (κ3) is 4.83. The minimum absolute atomic E-state index is 0.00534. The van der Waals surface area contributed by atoms with Crippen LogP contribution in [-0.4, -0.2) is 41.6 Å². The van der Waals surface area contributed by atoms with E-state index in [4.69, 9.17) is 15.9 Å². The van der Waals surface area contributed by atoms with Crippen molar-refractivity contribution in [3.8, 4) is 5.75 Å². The van der Waals surface area contributed by atoms with Crippen LogP contribution in [0.15, 0.2) is 18.2 Å². The van der Waals surface area contributed by atoms with Gasteiger partial charge in [0.2, 0.25) is 0 Å². The minimum atomic E-state index is -0.730. The Morgan fingerprint density at radius 3 is 2.55 bits per heavy atom. The maximum atomic E-state index is 9.91. The molecule has 0 unspecified atom stereocenters. The maximum Gasteiger partial charge on any atom is 0.129 e. The Labute approximate surface area is 120 Å². The number of ether oxygens (including phenoxy) is 1. The second-order valence-electron chi connectivity index (χ2n) is 5.56. The van der Waals surface area contributed by atoms with Gasteiger partial charge in [0.15, 0.2) is 0 Å². The van der Waals surface area contributed by atoms with E-state index in [0.29, 0.717) is 24.4 Å². The Morgan fingerprint density at radius 2 is 2.10 bits per heavy atom. The average molecular weight is 279 g/mol. The summed E-state index contributed by atoms with van der Waals surface area (Å²) >= 11 is 0. The molecule has 1 aromatic carbocycles. The zero-order valence-electron chi connectivity index (χ0n) is 12.7. The maximum absolute atomic E-state index is 9.91. The molecule has 0 saturated carbocycles. The van der Waals surface area contributed by atoms with Gasteiger partial charge in [-0.2, -0.15) is 0 Å². The molecule has 0 atom stereocenters. The molecule has 4 N–H and O–H groups in total. The summed E-state index contributed by atoms with van der Waals surface area (Å²) in [6, 6.07) is 5.65. The van der Waals surface area contributed by atoms with Crippen LogP contribution < -0.4 is 10.5 Å². The number of nitrogens with two attached hydrogens (primary N) is 1. The highest BCUT2D eigenvalue weighted by atomic mass is 16.5. The summed E-state index contributed by atoms with van der Waals surface area (Å²) < 4.78 is 5.20. The molecule has 0 heterocycles. The lowest BCUT2D eigenvalue weighted by molar-refractivity contribution is 0.0353. The van der Waals surface area contributed by atoms with Crippen molar-refractivity contribution in [2.75, 3.05) is 20.2 Å². The van der Waals surface area contributed by atoms with Gasteiger partial charge in [-0.15, -0.1) is 0 Å². The first kappa shape index (κ1) is 16.5. The molecule has 0 radical (unpaired) electrons. The van der Waals surface area contributed by atoms with E-state index in [0.717, 1.165) is 12.1 Å². The first-order chi connectivity index (χ1) is 9.26. The van der Waals surface area contributed by atoms with E-state index in [1.807, 2.05) is 18.2 Å². The van der Waals surface area contributed by atoms with Gasteiger partial charge in [0.05, 0.1) is 18.3 Å². The molecule has 5 heteroatoms. The number of nitrogens with zero attached hydrogens (tertiary/aromatic N) is 1. The number of nitrogen functional groups attached to an aromatic ring is 1. The first-order valence-corrected chi connectivity index (χ1v) is 6.73. The number of hydrogen-bond acceptors (Lipinski definition) is 4. The Morgan fingerprint density at radius 1 is 1.45 bits per heavy atom. The van der Waals surface area contributed by atoms with Gasteiger partial charge in [-0.05, 0) is 38.1 Å². The van der Waals surface area contributed by atoms with Gasteiger partial charge >= 0.3 is 0 Å². The Kier molecular flexibility index (Phi) is 5.53. The molecule has 0 aliphatic carbocycles. The quantitative estimate of drug-likeness (QED) is 0.522. The molecule has 0 aliphatic heterocycles. The SMILES string of the molecule is CCN(Cc1ccc(OC)c(C(=N)N)c1)CC(C)(C)O. The second-order valence-corrected chi connectivity index (χ2v) is 5.56. The van der Waals surface area contributed by atoms with Crippen LogP contribution in [-0.2, 0) is 6.54 Å². The summed E-state index contributed by atoms with van der Waals surface area (Å²) in [7, 11) is 1.56. The van der Waals surface area contributed by atoms with Crippen molar-refractivity contribution >= 4 is 5.84 Å². The second kappa shape index (κ2) is 6.72. The van der Waals surface area contributed by atoms with E-state index < -0.39 is 5.60 Å². The van der Waals surface area contributed by atoms with Crippen LogP contribution in [0.25, 0.3) is 0 Å². The molecule has 0 spiro atoms. The number of amidine groups is 1. The Bertz CT molecular complexity index is 467. The van der Waals surface area contributed by atoms with Gasteiger partial charge in [0.25, 0.3) is 0 Å². The summed E-state index contributed by atoms with van der Waals surface area (Å²) in [6.07, 6.45) is 0. The molecule has 112 valence electrons. The van der Waals surface area contributed by atoms with Crippen molar-refractivity contribution in [1.29, 1.82) is 5.41 Å². The lowest BCUT2D eigenvalue weighted by atomic mass is 10.1. The number of methoxy groups -OCH3 is 1. The van der Waals surface area contributed by atoms with Gasteiger partial charge in [-0.1, -0.05) is 13.0 Å². The highest BCUT2D eigenvalue weighted by Crippen LogP contribution is 2.20. The molecule has 0 bridgehead atoms. The molecular formula is C15H25N3O2. The lowest BCUT2D eigenvalue weighted by Crippen LogP contribution is -2.38. The smallest absolute Gasteiger partial charge is 0.129 e. The number of rotatable bonds is 7. The van der Waals surface area contributed by atoms with Crippen molar-refractivity contribution in [3.63, 3.8) is 0 Å². The van der Waals surface area contributed by atoms with E-state index >= 15 is 0 Å². The van der Waals surface area contributed by atoms with E-state index in [1.54, 1.807) is 21.0 Å². The molecule has 0 aromatic heterocycles. The monoisotopic (exact) mass is 279 g/mol. The summed E-state index contributed by atoms with van der Waals surface area (Å²) in [5, 5.41) is 17.5. The average Bonchev–Trinajstić information content (AvgIpc) is 2.36. The zero-order valence-corrected chi connectivity index (χ0v) is 12.7. The fourth-order valence-corrected chi connectivity index (χ4v) is 2.15. The Hall–Kier alpha value is -1.59. The van der Waals surface area contributed by atoms with Gasteiger partial charge in [-0.3, -0.25) is 10.3 Å². The van der Waals surface area contributed by atoms with Gasteiger partial charge in [-0.25, -0.2) is 0 Å². The van der Waals surface area contributed by atoms with Crippen LogP contribution in [0.1, 0.15) is 31.9 Å². The molecule has 0 amide bonds. The van der Waals surface area contributed by atoms with Crippen LogP contribution in [0, 0.1) is 5.41 Å². The van der Waals surface area contributed by atoms with Crippen LogP contribution in [0.5, 0.6) is 5.75 Å². The van der Waals surface area contributed by atoms with Gasteiger partial charge in [0, 0.05) is 13.1 Å². The van der Waals surface area contributed by atoms with Crippen LogP contribution in [0.3, 0.4) is 0 Å². The lowest BCUT2D eigenvalue weighted by Gasteiger charge is -2.28. The normalized spacial score (nSPS) is 11.7. The third-order valence-electron chi connectivity index (χ3n) is 3.02. The van der Waals surface area contributed by atoms with E-state index in [-0.39, 0.29) is 5.84 Å². The van der Waals surface area contributed by atoms with Crippen LogP contribution in [0.2, 0.25) is 0 Å². The molecular weight excluding hydrogens is 254 g/mol. The van der Waals surface area contributed by atoms with Crippen LogP contribution in [0.4, 0.5) is 0 Å². The van der Waals surface area contributed by atoms with Crippen molar-refractivity contribution in [3.05, 3.63) is 29.3 Å². The van der Waals surface area contributed by atoms with Gasteiger partial charge in [0.1, 0.15) is 11.6 Å². The third-order valence-corrected chi connectivity index (χ3v) is 3.02. The van der Waals surface area contributed by atoms with E-state index in [1.165, 1.54) is 0 Å². The molecule has 0 saturated heterocycles. The summed E-state index contributed by atoms with van der Waals surface area (Å²) in [5.41, 5.74) is 6.49. The summed E-state index contributed by atoms with van der Waals surface area (Å²) in [5.74, 6) is 0.598. The topological polar surface area (TPSA) is 82.6 Å². The van der Waals surface area contributed by atoms with Crippen LogP contribution >= 0.6 is 0 Å². The van der Waals surface area contributed by atoms with Crippen molar-refractivity contribution in [2.24, 2.45) is 5.73 Å². The Balaban J connectivity index is 2.91. The number of nitrogens with one attached hydrogen (secondary N) is 1. The number of benzene rings is 1. The van der Waals surface area contributed by atoms with E-state index in [9.17, 15) is 5.11 Å². The highest BCUT2D eigenvalue weighted by molar-refractivity contribution is 5.97. The first-order valence-electron chi connectivity index (χ1n) is 6.73. The predicted molar refractivity (Wildman–Crippen MR) is 81.3 cm³/mol.